The van der Waals surface area contributed by atoms with E-state index in [2.05, 4.69) is 30.5 Å². The molecule has 132 valence electrons. The summed E-state index contributed by atoms with van der Waals surface area (Å²) in [5.41, 5.74) is 2.92. The number of hydrogen-bond donors (Lipinski definition) is 1. The molecule has 1 saturated heterocycles. The molecule has 2 heterocycles. The van der Waals surface area contributed by atoms with Gasteiger partial charge < -0.3 is 14.7 Å². The van der Waals surface area contributed by atoms with Gasteiger partial charge in [0.05, 0.1) is 18.9 Å². The van der Waals surface area contributed by atoms with Crippen molar-refractivity contribution in [3.63, 3.8) is 0 Å². The number of morpholine rings is 1. The number of nitrogens with one attached hydrogen (secondary N) is 1. The average Bonchev–Trinajstić information content (AvgIpc) is 3.24. The molecule has 0 saturated carbocycles. The number of ether oxygens (including phenoxy) is 1. The van der Waals surface area contributed by atoms with Gasteiger partial charge in [-0.25, -0.2) is 0 Å². The van der Waals surface area contributed by atoms with E-state index in [1.54, 1.807) is 18.2 Å². The number of hydrogen-bond acceptors (Lipinski definition) is 7. The van der Waals surface area contributed by atoms with Gasteiger partial charge in [0.2, 0.25) is 5.82 Å². The maximum absolute atomic E-state index is 12.5. The first-order valence-electron chi connectivity index (χ1n) is 8.32. The van der Waals surface area contributed by atoms with Crippen LogP contribution in [0.3, 0.4) is 0 Å². The second-order valence-electron chi connectivity index (χ2n) is 5.85. The Bertz CT molecular complexity index is 886. The first-order chi connectivity index (χ1) is 12.8. The topological polar surface area (TPSA) is 102 Å². The molecular formula is C18H17N6O2-. The van der Waals surface area contributed by atoms with Gasteiger partial charge in [0.25, 0.3) is 0 Å². The number of H-pyrrole nitrogens is 1. The summed E-state index contributed by atoms with van der Waals surface area (Å²) in [5, 5.41) is 26.2. The molecule has 1 N–H and O–H groups in total. The number of tetrazole rings is 1. The van der Waals surface area contributed by atoms with Gasteiger partial charge in [0, 0.05) is 24.3 Å². The van der Waals surface area contributed by atoms with Crippen molar-refractivity contribution in [2.45, 2.75) is 0 Å². The van der Waals surface area contributed by atoms with Gasteiger partial charge in [-0.1, -0.05) is 18.2 Å². The standard InChI is InChI=1S/C18H18N6O2/c25-18(14-3-1-2-13(12-14)17-20-22-23-21-17)19-15-4-6-16(7-5-15)24-8-10-26-11-9-24/h1-7,12H,8-11H2,(H,19,25)(H,20,21,22,23)/p-1. The van der Waals surface area contributed by atoms with E-state index in [4.69, 9.17) is 4.74 Å². The number of aromatic amines is 1. The molecule has 0 radical (unpaired) electrons. The quantitative estimate of drug-likeness (QED) is 0.560. The Labute approximate surface area is 150 Å². The minimum atomic E-state index is -0.311. The van der Waals surface area contributed by atoms with Crippen LogP contribution in [0.15, 0.2) is 53.5 Å². The molecule has 8 nitrogen and oxygen atoms in total. The fourth-order valence-electron chi connectivity index (χ4n) is 2.82. The number of aromatic nitrogens is 4. The highest BCUT2D eigenvalue weighted by molar-refractivity contribution is 5.93. The molecule has 0 unspecified atom stereocenters. The Morgan fingerprint density at radius 2 is 1.92 bits per heavy atom. The number of benzene rings is 2. The van der Waals surface area contributed by atoms with Crippen molar-refractivity contribution in [2.75, 3.05) is 31.2 Å². The summed E-state index contributed by atoms with van der Waals surface area (Å²) in [5.74, 6) is 0.129. The van der Waals surface area contributed by atoms with E-state index in [0.29, 0.717) is 22.6 Å². The fraction of sp³-hybridized carbons (Fsp3) is 0.222. The van der Waals surface area contributed by atoms with Crippen LogP contribution in [-0.2, 0) is 4.74 Å². The summed E-state index contributed by atoms with van der Waals surface area (Å²) in [6.45, 7) is 3.22. The SMILES string of the molecule is [O-]C(=Nc1ccc(N2CCOCC2)cc1)c1cccc(-c2nn[nH]n2)c1. The smallest absolute Gasteiger partial charge is 0.204 e. The summed E-state index contributed by atoms with van der Waals surface area (Å²) in [7, 11) is 0. The lowest BCUT2D eigenvalue weighted by Crippen LogP contribution is -2.36. The Morgan fingerprint density at radius 3 is 2.65 bits per heavy atom. The van der Waals surface area contributed by atoms with Crippen molar-refractivity contribution in [1.29, 1.82) is 0 Å². The summed E-state index contributed by atoms with van der Waals surface area (Å²) < 4.78 is 5.36. The first kappa shape index (κ1) is 16.2. The second-order valence-corrected chi connectivity index (χ2v) is 5.85. The number of nitrogens with zero attached hydrogens (tertiary/aromatic N) is 5. The van der Waals surface area contributed by atoms with Crippen molar-refractivity contribution >= 4 is 17.3 Å². The lowest BCUT2D eigenvalue weighted by Gasteiger charge is -2.28. The van der Waals surface area contributed by atoms with E-state index in [1.807, 2.05) is 30.3 Å². The lowest BCUT2D eigenvalue weighted by atomic mass is 10.1. The van der Waals surface area contributed by atoms with Gasteiger partial charge in [-0.2, -0.15) is 5.21 Å². The predicted octanol–water partition coefficient (Wildman–Crippen LogP) is 1.14. The van der Waals surface area contributed by atoms with Crippen molar-refractivity contribution in [1.82, 2.24) is 20.6 Å². The van der Waals surface area contributed by atoms with E-state index in [-0.39, 0.29) is 5.90 Å². The third-order valence-electron chi connectivity index (χ3n) is 4.17. The normalized spacial score (nSPS) is 15.2. The van der Waals surface area contributed by atoms with Crippen molar-refractivity contribution in [2.24, 2.45) is 4.99 Å². The zero-order valence-electron chi connectivity index (χ0n) is 14.0. The molecule has 1 aliphatic heterocycles. The van der Waals surface area contributed by atoms with E-state index < -0.39 is 0 Å². The molecule has 4 rings (SSSR count). The zero-order chi connectivity index (χ0) is 17.8. The largest absolute Gasteiger partial charge is 0.858 e. The molecular weight excluding hydrogens is 332 g/mol. The Balaban J connectivity index is 1.53. The van der Waals surface area contributed by atoms with Gasteiger partial charge in [0.15, 0.2) is 0 Å². The molecule has 0 amide bonds. The summed E-state index contributed by atoms with van der Waals surface area (Å²) in [6.07, 6.45) is 0. The fourth-order valence-corrected chi connectivity index (χ4v) is 2.82. The van der Waals surface area contributed by atoms with Crippen molar-refractivity contribution in [3.05, 3.63) is 54.1 Å². The molecule has 1 fully saturated rings. The minimum Gasteiger partial charge on any atom is -0.858 e. The van der Waals surface area contributed by atoms with Gasteiger partial charge in [-0.3, -0.25) is 4.99 Å². The molecule has 8 heteroatoms. The highest BCUT2D eigenvalue weighted by Gasteiger charge is 2.10. The maximum Gasteiger partial charge on any atom is 0.204 e. The van der Waals surface area contributed by atoms with E-state index >= 15 is 0 Å². The highest BCUT2D eigenvalue weighted by Crippen LogP contribution is 2.22. The number of anilines is 1. The molecule has 0 bridgehead atoms. The second kappa shape index (κ2) is 7.32. The Kier molecular flexibility index (Phi) is 4.57. The molecule has 0 atom stereocenters. The van der Waals surface area contributed by atoms with Gasteiger partial charge in [0.1, 0.15) is 0 Å². The molecule has 0 spiro atoms. The summed E-state index contributed by atoms with van der Waals surface area (Å²) >= 11 is 0. The van der Waals surface area contributed by atoms with Crippen molar-refractivity contribution in [3.8, 4) is 11.4 Å². The Morgan fingerprint density at radius 1 is 1.12 bits per heavy atom. The summed E-state index contributed by atoms with van der Waals surface area (Å²) in [4.78, 5) is 6.45. The first-order valence-corrected chi connectivity index (χ1v) is 8.32. The maximum atomic E-state index is 12.5. The molecule has 0 aliphatic carbocycles. The summed E-state index contributed by atoms with van der Waals surface area (Å²) in [6, 6.07) is 14.7. The van der Waals surface area contributed by atoms with E-state index in [9.17, 15) is 5.11 Å². The average molecular weight is 349 g/mol. The van der Waals surface area contributed by atoms with Crippen LogP contribution in [0.4, 0.5) is 11.4 Å². The predicted molar refractivity (Wildman–Crippen MR) is 95.3 cm³/mol. The van der Waals surface area contributed by atoms with Crippen molar-refractivity contribution < 1.29 is 9.84 Å². The van der Waals surface area contributed by atoms with Gasteiger partial charge >= 0.3 is 0 Å². The van der Waals surface area contributed by atoms with Gasteiger partial charge in [-0.15, -0.1) is 10.2 Å². The zero-order valence-corrected chi connectivity index (χ0v) is 14.0. The molecule has 1 aliphatic rings. The monoisotopic (exact) mass is 349 g/mol. The van der Waals surface area contributed by atoms with Crippen LogP contribution in [0, 0.1) is 0 Å². The van der Waals surface area contributed by atoms with E-state index in [0.717, 1.165) is 32.0 Å². The van der Waals surface area contributed by atoms with Crippen LogP contribution in [-0.4, -0.2) is 52.8 Å². The molecule has 2 aromatic carbocycles. The Hall–Kier alpha value is -3.26. The molecule has 1 aromatic heterocycles. The molecule has 26 heavy (non-hydrogen) atoms. The highest BCUT2D eigenvalue weighted by atomic mass is 16.5. The third-order valence-corrected chi connectivity index (χ3v) is 4.17. The van der Waals surface area contributed by atoms with Crippen LogP contribution in [0.2, 0.25) is 0 Å². The van der Waals surface area contributed by atoms with Crippen LogP contribution in [0.25, 0.3) is 11.4 Å². The van der Waals surface area contributed by atoms with Crippen LogP contribution in [0.5, 0.6) is 0 Å². The van der Waals surface area contributed by atoms with E-state index in [1.165, 1.54) is 0 Å². The number of rotatable bonds is 4. The third kappa shape index (κ3) is 3.55. The molecule has 3 aromatic rings. The van der Waals surface area contributed by atoms with Crippen LogP contribution < -0.4 is 10.0 Å². The minimum absolute atomic E-state index is 0.311. The van der Waals surface area contributed by atoms with Crippen LogP contribution >= 0.6 is 0 Å². The lowest BCUT2D eigenvalue weighted by molar-refractivity contribution is -0.212. The van der Waals surface area contributed by atoms with Crippen LogP contribution in [0.1, 0.15) is 5.56 Å². The van der Waals surface area contributed by atoms with Gasteiger partial charge in [-0.05, 0) is 47.0 Å². The number of aliphatic imine (C=N–C) groups is 1.